The van der Waals surface area contributed by atoms with E-state index in [4.69, 9.17) is 4.74 Å². The van der Waals surface area contributed by atoms with Crippen molar-refractivity contribution in [2.24, 2.45) is 5.92 Å². The van der Waals surface area contributed by atoms with E-state index in [1.807, 2.05) is 72.8 Å². The number of aliphatic hydroxyl groups excluding tert-OH is 1. The molecule has 0 bridgehead atoms. The number of esters is 1. The van der Waals surface area contributed by atoms with Crippen LogP contribution in [0.1, 0.15) is 11.1 Å². The van der Waals surface area contributed by atoms with Gasteiger partial charge in [0.1, 0.15) is 6.04 Å². The molecule has 162 valence electrons. The molecular weight excluding hydrogens is 386 g/mol. The predicted octanol–water partition coefficient (Wildman–Crippen LogP) is 3.97. The van der Waals surface area contributed by atoms with Gasteiger partial charge in [-0.3, -0.25) is 9.69 Å². The van der Waals surface area contributed by atoms with Gasteiger partial charge in [-0.25, -0.2) is 0 Å². The Kier molecular flexibility index (Phi) is 7.99. The van der Waals surface area contributed by atoms with E-state index in [0.29, 0.717) is 19.4 Å². The van der Waals surface area contributed by atoms with Crippen LogP contribution in [0.2, 0.25) is 0 Å². The Balaban J connectivity index is 1.94. The molecule has 31 heavy (non-hydrogen) atoms. The number of rotatable bonds is 9. The highest BCUT2D eigenvalue weighted by molar-refractivity contribution is 5.76. The number of nitrogens with zero attached hydrogens (tertiary/aromatic N) is 1. The molecule has 1 aliphatic heterocycles. The molecule has 4 nitrogen and oxygen atoms in total. The van der Waals surface area contributed by atoms with Crippen LogP contribution in [-0.2, 0) is 22.4 Å². The Hall–Kier alpha value is -2.95. The van der Waals surface area contributed by atoms with Gasteiger partial charge in [0.05, 0.1) is 13.2 Å². The van der Waals surface area contributed by atoms with Gasteiger partial charge in [0.2, 0.25) is 0 Å². The Morgan fingerprint density at radius 2 is 1.71 bits per heavy atom. The number of carbonyl (C=O) groups excluding carboxylic acids is 1. The largest absolute Gasteiger partial charge is 0.468 e. The quantitative estimate of drug-likeness (QED) is 0.381. The second kappa shape index (κ2) is 10.9. The molecule has 0 unspecified atom stereocenters. The predicted molar refractivity (Wildman–Crippen MR) is 125 cm³/mol. The van der Waals surface area contributed by atoms with Crippen molar-refractivity contribution in [3.63, 3.8) is 0 Å². The topological polar surface area (TPSA) is 49.8 Å². The molecule has 3 rings (SSSR count). The molecule has 0 amide bonds. The molecule has 0 radical (unpaired) electrons. The lowest BCUT2D eigenvalue weighted by atomic mass is 9.88. The first-order valence-corrected chi connectivity index (χ1v) is 10.6. The summed E-state index contributed by atoms with van der Waals surface area (Å²) in [5.41, 5.74) is 3.07. The minimum Gasteiger partial charge on any atom is -0.468 e. The standard InChI is InChI=1S/C27H31NO3/c1-4-5-16-23-20(2)19-28(26(23)25(29)18-22-14-10-7-11-15-22)24(27(30)31-3)17-21-12-8-6-9-13-21/h4-16,23-26,29H,1-2,17-19H2,3H3/b16-5+/t23-,24-,25+,26-/m0/s1. The summed E-state index contributed by atoms with van der Waals surface area (Å²) in [5.74, 6) is -0.387. The lowest BCUT2D eigenvalue weighted by Gasteiger charge is -2.35. The molecule has 0 saturated carbocycles. The zero-order chi connectivity index (χ0) is 22.2. The van der Waals surface area contributed by atoms with E-state index in [2.05, 4.69) is 18.1 Å². The van der Waals surface area contributed by atoms with Crippen molar-refractivity contribution < 1.29 is 14.6 Å². The molecule has 2 aromatic rings. The highest BCUT2D eigenvalue weighted by Crippen LogP contribution is 2.35. The van der Waals surface area contributed by atoms with E-state index in [1.54, 1.807) is 6.08 Å². The molecule has 4 atom stereocenters. The second-order valence-corrected chi connectivity index (χ2v) is 7.95. The second-order valence-electron chi connectivity index (χ2n) is 7.95. The number of hydrogen-bond acceptors (Lipinski definition) is 4. The van der Waals surface area contributed by atoms with E-state index in [9.17, 15) is 9.90 Å². The van der Waals surface area contributed by atoms with Crippen LogP contribution in [0.4, 0.5) is 0 Å². The molecule has 1 N–H and O–H groups in total. The van der Waals surface area contributed by atoms with E-state index >= 15 is 0 Å². The van der Waals surface area contributed by atoms with Crippen molar-refractivity contribution in [3.8, 4) is 0 Å². The normalized spacial score (nSPS) is 21.2. The highest BCUT2D eigenvalue weighted by atomic mass is 16.5. The third-order valence-corrected chi connectivity index (χ3v) is 5.89. The molecule has 0 spiro atoms. The summed E-state index contributed by atoms with van der Waals surface area (Å²) >= 11 is 0. The molecule has 1 aliphatic rings. The minimum absolute atomic E-state index is 0.0837. The Morgan fingerprint density at radius 1 is 1.13 bits per heavy atom. The number of methoxy groups -OCH3 is 1. The number of hydrogen-bond donors (Lipinski definition) is 1. The summed E-state index contributed by atoms with van der Waals surface area (Å²) in [6, 6.07) is 19.0. The first-order valence-electron chi connectivity index (χ1n) is 10.6. The summed E-state index contributed by atoms with van der Waals surface area (Å²) in [7, 11) is 1.41. The minimum atomic E-state index is -0.677. The average molecular weight is 418 g/mol. The molecule has 0 aromatic heterocycles. The molecule has 1 heterocycles. The van der Waals surface area contributed by atoms with Crippen LogP contribution in [0.15, 0.2) is 97.6 Å². The summed E-state index contributed by atoms with van der Waals surface area (Å²) in [6.07, 6.45) is 5.94. The zero-order valence-electron chi connectivity index (χ0n) is 18.1. The molecule has 4 heteroatoms. The first kappa shape index (κ1) is 22.7. The summed E-state index contributed by atoms with van der Waals surface area (Å²) < 4.78 is 5.17. The SMILES string of the molecule is C=C/C=C/[C@H]1C(=C)CN([C@@H](Cc2ccccc2)C(=O)OC)[C@@H]1[C@H](O)Cc1ccccc1. The lowest BCUT2D eigenvalue weighted by Crippen LogP contribution is -2.52. The fourth-order valence-electron chi connectivity index (χ4n) is 4.41. The Morgan fingerprint density at radius 3 is 2.26 bits per heavy atom. The van der Waals surface area contributed by atoms with Crippen LogP contribution in [0, 0.1) is 5.92 Å². The van der Waals surface area contributed by atoms with Gasteiger partial charge in [-0.1, -0.05) is 97.6 Å². The van der Waals surface area contributed by atoms with Crippen molar-refractivity contribution in [3.05, 3.63) is 109 Å². The van der Waals surface area contributed by atoms with Crippen LogP contribution >= 0.6 is 0 Å². The summed E-state index contributed by atoms with van der Waals surface area (Å²) in [4.78, 5) is 14.9. The van der Waals surface area contributed by atoms with Crippen molar-refractivity contribution >= 4 is 5.97 Å². The van der Waals surface area contributed by atoms with Crippen LogP contribution in [-0.4, -0.2) is 47.8 Å². The first-order chi connectivity index (χ1) is 15.0. The van der Waals surface area contributed by atoms with Crippen molar-refractivity contribution in [1.29, 1.82) is 0 Å². The number of likely N-dealkylation sites (tertiary alicyclic amines) is 1. The van der Waals surface area contributed by atoms with Gasteiger partial charge in [0.25, 0.3) is 0 Å². The monoisotopic (exact) mass is 417 g/mol. The van der Waals surface area contributed by atoms with Crippen LogP contribution in [0.5, 0.6) is 0 Å². The number of aliphatic hydroxyl groups is 1. The van der Waals surface area contributed by atoms with E-state index in [0.717, 1.165) is 16.7 Å². The van der Waals surface area contributed by atoms with Gasteiger partial charge < -0.3 is 9.84 Å². The highest BCUT2D eigenvalue weighted by Gasteiger charge is 2.45. The third-order valence-electron chi connectivity index (χ3n) is 5.89. The maximum absolute atomic E-state index is 12.8. The summed E-state index contributed by atoms with van der Waals surface area (Å²) in [5, 5.41) is 11.3. The van der Waals surface area contributed by atoms with Gasteiger partial charge >= 0.3 is 5.97 Å². The molecule has 2 aromatic carbocycles. The summed E-state index contributed by atoms with van der Waals surface area (Å²) in [6.45, 7) is 8.55. The van der Waals surface area contributed by atoms with Crippen molar-refractivity contribution in [1.82, 2.24) is 4.90 Å². The van der Waals surface area contributed by atoms with Crippen molar-refractivity contribution in [2.75, 3.05) is 13.7 Å². The van der Waals surface area contributed by atoms with E-state index < -0.39 is 12.1 Å². The fraction of sp³-hybridized carbons (Fsp3) is 0.296. The molecule has 1 saturated heterocycles. The van der Waals surface area contributed by atoms with Crippen LogP contribution < -0.4 is 0 Å². The van der Waals surface area contributed by atoms with Gasteiger partial charge in [-0.2, -0.15) is 0 Å². The number of carbonyl (C=O) groups is 1. The van der Waals surface area contributed by atoms with E-state index in [1.165, 1.54) is 7.11 Å². The lowest BCUT2D eigenvalue weighted by molar-refractivity contribution is -0.148. The third kappa shape index (κ3) is 5.60. The van der Waals surface area contributed by atoms with Crippen molar-refractivity contribution in [2.45, 2.75) is 31.0 Å². The van der Waals surface area contributed by atoms with Gasteiger partial charge in [0, 0.05) is 18.5 Å². The number of allylic oxidation sites excluding steroid dienone is 2. The average Bonchev–Trinajstić information content (AvgIpc) is 3.12. The van der Waals surface area contributed by atoms with Gasteiger partial charge in [-0.05, 0) is 24.0 Å². The Bertz CT molecular complexity index is 907. The number of ether oxygens (including phenoxy) is 1. The number of benzene rings is 2. The maximum Gasteiger partial charge on any atom is 0.323 e. The molecule has 0 aliphatic carbocycles. The Labute approximate surface area is 185 Å². The van der Waals surface area contributed by atoms with Crippen LogP contribution in [0.25, 0.3) is 0 Å². The molecular formula is C27H31NO3. The van der Waals surface area contributed by atoms with E-state index in [-0.39, 0.29) is 17.9 Å². The smallest absolute Gasteiger partial charge is 0.323 e. The van der Waals surface area contributed by atoms with Crippen LogP contribution in [0.3, 0.4) is 0 Å². The molecule has 1 fully saturated rings. The maximum atomic E-state index is 12.8. The fourth-order valence-corrected chi connectivity index (χ4v) is 4.41. The van der Waals surface area contributed by atoms with Gasteiger partial charge in [0.15, 0.2) is 0 Å². The zero-order valence-corrected chi connectivity index (χ0v) is 18.1. The van der Waals surface area contributed by atoms with Gasteiger partial charge in [-0.15, -0.1) is 0 Å².